The minimum Gasteiger partial charge on any atom is -0.392 e. The van der Waals surface area contributed by atoms with Crippen LogP contribution in [0.25, 0.3) is 0 Å². The molecule has 1 aromatic carbocycles. The molecule has 1 rings (SSSR count). The Morgan fingerprint density at radius 1 is 1.11 bits per heavy atom. The number of aliphatic hydroxyl groups is 2. The molecule has 1 aromatic rings. The molecule has 0 aliphatic rings. The molecule has 18 heavy (non-hydrogen) atoms. The van der Waals surface area contributed by atoms with Crippen molar-refractivity contribution >= 4 is 5.69 Å². The first-order valence-electron chi connectivity index (χ1n) is 6.10. The number of nitrogens with zero attached hydrogens (tertiary/aromatic N) is 2. The molecule has 0 saturated carbocycles. The van der Waals surface area contributed by atoms with Gasteiger partial charge in [-0.3, -0.25) is 0 Å². The van der Waals surface area contributed by atoms with Crippen molar-refractivity contribution in [2.45, 2.75) is 32.5 Å². The molecule has 2 atom stereocenters. The molecule has 98 valence electrons. The molecule has 0 spiro atoms. The third-order valence-corrected chi connectivity index (χ3v) is 2.55. The number of nitriles is 1. The van der Waals surface area contributed by atoms with Gasteiger partial charge in [0.2, 0.25) is 0 Å². The fourth-order valence-corrected chi connectivity index (χ4v) is 1.84. The third-order valence-electron chi connectivity index (χ3n) is 2.55. The lowest BCUT2D eigenvalue weighted by Crippen LogP contribution is -2.36. The van der Waals surface area contributed by atoms with Crippen molar-refractivity contribution in [3.8, 4) is 6.07 Å². The minimum absolute atomic E-state index is 0.396. The Kier molecular flexibility index (Phi) is 5.63. The SMILES string of the molecule is CC(O)CN(CC(C)O)c1ccc(CC#N)cc1. The maximum Gasteiger partial charge on any atom is 0.0687 e. The highest BCUT2D eigenvalue weighted by Gasteiger charge is 2.11. The summed E-state index contributed by atoms with van der Waals surface area (Å²) in [7, 11) is 0. The highest BCUT2D eigenvalue weighted by molar-refractivity contribution is 5.48. The van der Waals surface area contributed by atoms with Crippen LogP contribution in [0.5, 0.6) is 0 Å². The van der Waals surface area contributed by atoms with Crippen molar-refractivity contribution in [2.24, 2.45) is 0 Å². The zero-order valence-electron chi connectivity index (χ0n) is 10.9. The number of anilines is 1. The van der Waals surface area contributed by atoms with E-state index in [2.05, 4.69) is 6.07 Å². The van der Waals surface area contributed by atoms with Gasteiger partial charge in [0.25, 0.3) is 0 Å². The molecule has 0 heterocycles. The molecule has 0 fully saturated rings. The van der Waals surface area contributed by atoms with Crippen LogP contribution in [0, 0.1) is 11.3 Å². The van der Waals surface area contributed by atoms with Gasteiger partial charge < -0.3 is 15.1 Å². The first-order chi connectivity index (χ1) is 8.52. The second kappa shape index (κ2) is 7.00. The average molecular weight is 248 g/mol. The number of aliphatic hydroxyl groups excluding tert-OH is 2. The van der Waals surface area contributed by atoms with E-state index in [9.17, 15) is 10.2 Å². The minimum atomic E-state index is -0.456. The molecule has 4 heteroatoms. The van der Waals surface area contributed by atoms with Crippen LogP contribution in [0.15, 0.2) is 24.3 Å². The van der Waals surface area contributed by atoms with Crippen LogP contribution in [0.4, 0.5) is 5.69 Å². The van der Waals surface area contributed by atoms with Gasteiger partial charge in [0.1, 0.15) is 0 Å². The van der Waals surface area contributed by atoms with Gasteiger partial charge in [0.15, 0.2) is 0 Å². The van der Waals surface area contributed by atoms with Gasteiger partial charge in [-0.2, -0.15) is 5.26 Å². The normalized spacial score (nSPS) is 13.7. The summed E-state index contributed by atoms with van der Waals surface area (Å²) in [4.78, 5) is 1.94. The highest BCUT2D eigenvalue weighted by Crippen LogP contribution is 2.16. The van der Waals surface area contributed by atoms with Crippen molar-refractivity contribution in [3.63, 3.8) is 0 Å². The maximum atomic E-state index is 9.47. The summed E-state index contributed by atoms with van der Waals surface area (Å²) >= 11 is 0. The van der Waals surface area contributed by atoms with E-state index in [4.69, 9.17) is 5.26 Å². The molecule has 2 N–H and O–H groups in total. The number of hydrogen-bond donors (Lipinski definition) is 2. The molecular formula is C14H20N2O2. The molecule has 0 aliphatic heterocycles. The Morgan fingerprint density at radius 3 is 2.00 bits per heavy atom. The van der Waals surface area contributed by atoms with Crippen molar-refractivity contribution in [1.29, 1.82) is 5.26 Å². The quantitative estimate of drug-likeness (QED) is 0.796. The number of rotatable bonds is 6. The zero-order valence-corrected chi connectivity index (χ0v) is 10.9. The molecule has 0 aliphatic carbocycles. The molecule has 0 amide bonds. The van der Waals surface area contributed by atoms with Crippen molar-refractivity contribution < 1.29 is 10.2 Å². The van der Waals surface area contributed by atoms with Crippen LogP contribution in [0.2, 0.25) is 0 Å². The summed E-state index contributed by atoms with van der Waals surface area (Å²) in [6, 6.07) is 9.73. The van der Waals surface area contributed by atoms with Crippen LogP contribution in [0.3, 0.4) is 0 Å². The van der Waals surface area contributed by atoms with Gasteiger partial charge in [-0.25, -0.2) is 0 Å². The van der Waals surface area contributed by atoms with E-state index >= 15 is 0 Å². The molecule has 0 radical (unpaired) electrons. The summed E-state index contributed by atoms with van der Waals surface area (Å²) in [5.74, 6) is 0. The van der Waals surface area contributed by atoms with Gasteiger partial charge in [0, 0.05) is 18.8 Å². The zero-order chi connectivity index (χ0) is 13.5. The van der Waals surface area contributed by atoms with Crippen LogP contribution >= 0.6 is 0 Å². The first-order valence-corrected chi connectivity index (χ1v) is 6.10. The summed E-state index contributed by atoms with van der Waals surface area (Å²) in [5, 5.41) is 27.5. The van der Waals surface area contributed by atoms with Gasteiger partial charge in [-0.1, -0.05) is 12.1 Å². The predicted octanol–water partition coefficient (Wildman–Crippen LogP) is 1.32. The first kappa shape index (κ1) is 14.5. The monoisotopic (exact) mass is 248 g/mol. The maximum absolute atomic E-state index is 9.47. The Morgan fingerprint density at radius 2 is 1.61 bits per heavy atom. The van der Waals surface area contributed by atoms with Crippen LogP contribution in [-0.4, -0.2) is 35.5 Å². The second-order valence-corrected chi connectivity index (χ2v) is 4.60. The van der Waals surface area contributed by atoms with Gasteiger partial charge >= 0.3 is 0 Å². The average Bonchev–Trinajstić information content (AvgIpc) is 2.28. The Balaban J connectivity index is 2.81. The topological polar surface area (TPSA) is 67.5 Å². The molecule has 0 saturated heterocycles. The van der Waals surface area contributed by atoms with E-state index in [1.807, 2.05) is 29.2 Å². The fourth-order valence-electron chi connectivity index (χ4n) is 1.84. The van der Waals surface area contributed by atoms with Crippen molar-refractivity contribution in [3.05, 3.63) is 29.8 Å². The molecule has 2 unspecified atom stereocenters. The summed E-state index contributed by atoms with van der Waals surface area (Å²) in [5.41, 5.74) is 1.91. The Hall–Kier alpha value is -1.57. The van der Waals surface area contributed by atoms with E-state index in [0.717, 1.165) is 11.3 Å². The van der Waals surface area contributed by atoms with Gasteiger partial charge in [0.05, 0.1) is 24.7 Å². The second-order valence-electron chi connectivity index (χ2n) is 4.60. The van der Waals surface area contributed by atoms with Crippen molar-refractivity contribution in [2.75, 3.05) is 18.0 Å². The van der Waals surface area contributed by atoms with E-state index in [1.54, 1.807) is 13.8 Å². The predicted molar refractivity (Wildman–Crippen MR) is 71.3 cm³/mol. The molecule has 0 aromatic heterocycles. The van der Waals surface area contributed by atoms with Crippen LogP contribution in [0.1, 0.15) is 19.4 Å². The Bertz CT molecular complexity index is 383. The van der Waals surface area contributed by atoms with E-state index in [1.165, 1.54) is 0 Å². The number of benzene rings is 1. The van der Waals surface area contributed by atoms with E-state index in [0.29, 0.717) is 19.5 Å². The van der Waals surface area contributed by atoms with E-state index < -0.39 is 12.2 Å². The summed E-state index contributed by atoms with van der Waals surface area (Å²) in [6.07, 6.45) is -0.516. The molecule has 0 bridgehead atoms. The standard InChI is InChI=1S/C14H20N2O2/c1-11(17)9-16(10-12(2)18)14-5-3-13(4-6-14)7-8-15/h3-6,11-12,17-18H,7,9-10H2,1-2H3. The molecular weight excluding hydrogens is 228 g/mol. The third kappa shape index (κ3) is 4.74. The fraction of sp³-hybridized carbons (Fsp3) is 0.500. The largest absolute Gasteiger partial charge is 0.392 e. The van der Waals surface area contributed by atoms with Crippen LogP contribution in [-0.2, 0) is 6.42 Å². The highest BCUT2D eigenvalue weighted by atomic mass is 16.3. The lowest BCUT2D eigenvalue weighted by atomic mass is 10.1. The van der Waals surface area contributed by atoms with Gasteiger partial charge in [-0.15, -0.1) is 0 Å². The van der Waals surface area contributed by atoms with Gasteiger partial charge in [-0.05, 0) is 31.5 Å². The lowest BCUT2D eigenvalue weighted by Gasteiger charge is -2.27. The smallest absolute Gasteiger partial charge is 0.0687 e. The van der Waals surface area contributed by atoms with E-state index in [-0.39, 0.29) is 0 Å². The number of hydrogen-bond acceptors (Lipinski definition) is 4. The summed E-state index contributed by atoms with van der Waals surface area (Å²) in [6.45, 7) is 4.39. The summed E-state index contributed by atoms with van der Waals surface area (Å²) < 4.78 is 0. The molecule has 4 nitrogen and oxygen atoms in total. The Labute approximate surface area is 108 Å². The van der Waals surface area contributed by atoms with Crippen molar-refractivity contribution in [1.82, 2.24) is 0 Å². The lowest BCUT2D eigenvalue weighted by molar-refractivity contribution is 0.178. The van der Waals surface area contributed by atoms with Crippen LogP contribution < -0.4 is 4.90 Å².